The van der Waals surface area contributed by atoms with E-state index in [-0.39, 0.29) is 17.8 Å². The van der Waals surface area contributed by atoms with Crippen LogP contribution in [0, 0.1) is 5.82 Å². The summed E-state index contributed by atoms with van der Waals surface area (Å²) >= 11 is 5.87. The quantitative estimate of drug-likeness (QED) is 0.499. The number of anilines is 1. The first-order chi connectivity index (χ1) is 15.0. The van der Waals surface area contributed by atoms with Crippen molar-refractivity contribution in [2.75, 3.05) is 23.9 Å². The molecular formula is C25H29ClFN3O. The molecule has 2 aromatic carbocycles. The number of rotatable bonds is 7. The van der Waals surface area contributed by atoms with Crippen molar-refractivity contribution in [3.05, 3.63) is 77.8 Å². The summed E-state index contributed by atoms with van der Waals surface area (Å²) in [5, 5.41) is 3.47. The zero-order valence-corrected chi connectivity index (χ0v) is 18.6. The van der Waals surface area contributed by atoms with Gasteiger partial charge < -0.3 is 5.32 Å². The second-order valence-electron chi connectivity index (χ2n) is 8.47. The van der Waals surface area contributed by atoms with E-state index in [1.165, 1.54) is 17.7 Å². The van der Waals surface area contributed by atoms with Crippen molar-refractivity contribution in [2.24, 2.45) is 0 Å². The van der Waals surface area contributed by atoms with E-state index in [0.717, 1.165) is 38.0 Å². The van der Waals surface area contributed by atoms with Gasteiger partial charge in [-0.2, -0.15) is 0 Å². The lowest BCUT2D eigenvalue weighted by atomic mass is 9.80. The SMILES string of the molecule is CC1CC2(CCN1Cc1ccccc1)C(NCCCCl)=CC(=O)N2c1cccc(F)c1. The van der Waals surface area contributed by atoms with E-state index in [0.29, 0.717) is 18.1 Å². The second-order valence-corrected chi connectivity index (χ2v) is 8.85. The Morgan fingerprint density at radius 1 is 1.19 bits per heavy atom. The van der Waals surface area contributed by atoms with Crippen LogP contribution in [0.5, 0.6) is 0 Å². The largest absolute Gasteiger partial charge is 0.386 e. The van der Waals surface area contributed by atoms with E-state index in [1.54, 1.807) is 17.0 Å². The molecule has 4 rings (SSSR count). The molecule has 0 bridgehead atoms. The molecule has 2 unspecified atom stereocenters. The normalized spacial score (nSPS) is 24.0. The molecule has 1 amide bonds. The van der Waals surface area contributed by atoms with Crippen LogP contribution in [0.4, 0.5) is 10.1 Å². The zero-order chi connectivity index (χ0) is 21.8. The minimum atomic E-state index is -0.496. The van der Waals surface area contributed by atoms with Gasteiger partial charge in [0, 0.05) is 49.0 Å². The highest BCUT2D eigenvalue weighted by atomic mass is 35.5. The van der Waals surface area contributed by atoms with Crippen LogP contribution in [0.1, 0.15) is 31.7 Å². The van der Waals surface area contributed by atoms with Crippen molar-refractivity contribution in [1.82, 2.24) is 10.2 Å². The van der Waals surface area contributed by atoms with Gasteiger partial charge in [0.15, 0.2) is 0 Å². The van der Waals surface area contributed by atoms with E-state index in [4.69, 9.17) is 11.6 Å². The monoisotopic (exact) mass is 441 g/mol. The number of amides is 1. The highest BCUT2D eigenvalue weighted by Gasteiger charge is 2.51. The molecule has 1 fully saturated rings. The number of alkyl halides is 1. The number of carbonyl (C=O) groups is 1. The van der Waals surface area contributed by atoms with Crippen molar-refractivity contribution in [1.29, 1.82) is 0 Å². The van der Waals surface area contributed by atoms with Gasteiger partial charge in [-0.05, 0) is 49.9 Å². The van der Waals surface area contributed by atoms with Gasteiger partial charge in [-0.1, -0.05) is 36.4 Å². The topological polar surface area (TPSA) is 35.6 Å². The van der Waals surface area contributed by atoms with Crippen LogP contribution < -0.4 is 10.2 Å². The van der Waals surface area contributed by atoms with E-state index in [9.17, 15) is 9.18 Å². The molecule has 2 heterocycles. The number of likely N-dealkylation sites (tertiary alicyclic amines) is 1. The fourth-order valence-corrected chi connectivity index (χ4v) is 5.05. The molecule has 2 aliphatic rings. The number of halogens is 2. The number of benzene rings is 2. The molecular weight excluding hydrogens is 413 g/mol. The standard InChI is InChI=1S/C25H29ClFN3O/c1-19-17-25(11-14-29(19)18-20-7-3-2-4-8-20)23(28-13-6-12-26)16-24(31)30(25)22-10-5-9-21(27)15-22/h2-5,7-10,15-16,19,28H,6,11-14,17-18H2,1H3. The Morgan fingerprint density at radius 3 is 2.71 bits per heavy atom. The Morgan fingerprint density at radius 2 is 2.00 bits per heavy atom. The first kappa shape index (κ1) is 21.8. The van der Waals surface area contributed by atoms with E-state index >= 15 is 0 Å². The second kappa shape index (κ2) is 9.41. The van der Waals surface area contributed by atoms with Gasteiger partial charge in [0.05, 0.1) is 5.54 Å². The van der Waals surface area contributed by atoms with E-state index in [1.807, 2.05) is 12.1 Å². The first-order valence-electron chi connectivity index (χ1n) is 10.9. The van der Waals surface area contributed by atoms with Gasteiger partial charge in [0.25, 0.3) is 5.91 Å². The lowest BCUT2D eigenvalue weighted by Gasteiger charge is -2.49. The van der Waals surface area contributed by atoms with Gasteiger partial charge in [-0.3, -0.25) is 14.6 Å². The van der Waals surface area contributed by atoms with Crippen LogP contribution in [0.25, 0.3) is 0 Å². The predicted octanol–water partition coefficient (Wildman–Crippen LogP) is 4.70. The Hall–Kier alpha value is -2.37. The fraction of sp³-hybridized carbons (Fsp3) is 0.400. The molecule has 1 spiro atoms. The van der Waals surface area contributed by atoms with Crippen molar-refractivity contribution in [2.45, 2.75) is 44.3 Å². The lowest BCUT2D eigenvalue weighted by Crippen LogP contribution is -2.59. The molecule has 2 aliphatic heterocycles. The molecule has 0 aromatic heterocycles. The maximum absolute atomic E-state index is 14.0. The number of piperidine rings is 1. The molecule has 0 saturated carbocycles. The summed E-state index contributed by atoms with van der Waals surface area (Å²) in [4.78, 5) is 17.4. The molecule has 1 saturated heterocycles. The summed E-state index contributed by atoms with van der Waals surface area (Å²) in [5.41, 5.74) is 2.33. The van der Waals surface area contributed by atoms with Gasteiger partial charge in [-0.15, -0.1) is 11.6 Å². The zero-order valence-electron chi connectivity index (χ0n) is 17.9. The van der Waals surface area contributed by atoms with Crippen LogP contribution >= 0.6 is 11.6 Å². The Labute approximate surface area is 188 Å². The van der Waals surface area contributed by atoms with Gasteiger partial charge in [0.2, 0.25) is 0 Å². The van der Waals surface area contributed by atoms with Crippen molar-refractivity contribution in [3.63, 3.8) is 0 Å². The molecule has 1 N–H and O–H groups in total. The summed E-state index contributed by atoms with van der Waals surface area (Å²) in [6, 6.07) is 17.1. The summed E-state index contributed by atoms with van der Waals surface area (Å²) < 4.78 is 14.0. The number of carbonyl (C=O) groups excluding carboxylic acids is 1. The highest BCUT2D eigenvalue weighted by Crippen LogP contribution is 2.44. The summed E-state index contributed by atoms with van der Waals surface area (Å²) in [7, 11) is 0. The van der Waals surface area contributed by atoms with Gasteiger partial charge >= 0.3 is 0 Å². The van der Waals surface area contributed by atoms with Crippen LogP contribution in [0.2, 0.25) is 0 Å². The molecule has 4 nitrogen and oxygen atoms in total. The van der Waals surface area contributed by atoms with E-state index in [2.05, 4.69) is 41.4 Å². The molecule has 0 aliphatic carbocycles. The van der Waals surface area contributed by atoms with Gasteiger partial charge in [-0.25, -0.2) is 4.39 Å². The first-order valence-corrected chi connectivity index (χ1v) is 11.5. The number of nitrogens with one attached hydrogen (secondary N) is 1. The summed E-state index contributed by atoms with van der Waals surface area (Å²) in [5.74, 6) is 0.136. The lowest BCUT2D eigenvalue weighted by molar-refractivity contribution is -0.114. The van der Waals surface area contributed by atoms with Crippen molar-refractivity contribution >= 4 is 23.2 Å². The summed E-state index contributed by atoms with van der Waals surface area (Å²) in [6.45, 7) is 4.66. The number of nitrogens with zero attached hydrogens (tertiary/aromatic N) is 2. The fourth-order valence-electron chi connectivity index (χ4n) is 4.92. The third kappa shape index (κ3) is 4.48. The molecule has 0 radical (unpaired) electrons. The Kier molecular flexibility index (Phi) is 6.63. The van der Waals surface area contributed by atoms with Crippen LogP contribution in [-0.4, -0.2) is 41.4 Å². The maximum atomic E-state index is 14.0. The maximum Gasteiger partial charge on any atom is 0.253 e. The smallest absolute Gasteiger partial charge is 0.253 e. The Bertz CT molecular complexity index is 951. The van der Waals surface area contributed by atoms with Gasteiger partial charge in [0.1, 0.15) is 5.82 Å². The number of hydrogen-bond acceptors (Lipinski definition) is 3. The summed E-state index contributed by atoms with van der Waals surface area (Å²) in [6.07, 6.45) is 4.07. The van der Waals surface area contributed by atoms with Crippen molar-refractivity contribution in [3.8, 4) is 0 Å². The van der Waals surface area contributed by atoms with Crippen LogP contribution in [0.15, 0.2) is 66.4 Å². The average molecular weight is 442 g/mol. The van der Waals surface area contributed by atoms with Crippen molar-refractivity contribution < 1.29 is 9.18 Å². The van der Waals surface area contributed by atoms with E-state index < -0.39 is 5.54 Å². The molecule has 2 aromatic rings. The molecule has 164 valence electrons. The minimum absolute atomic E-state index is 0.0947. The third-order valence-electron chi connectivity index (χ3n) is 6.41. The number of hydrogen-bond donors (Lipinski definition) is 1. The van der Waals surface area contributed by atoms with Crippen LogP contribution in [0.3, 0.4) is 0 Å². The highest BCUT2D eigenvalue weighted by molar-refractivity contribution is 6.17. The molecule has 6 heteroatoms. The molecule has 2 atom stereocenters. The van der Waals surface area contributed by atoms with Crippen LogP contribution in [-0.2, 0) is 11.3 Å². The Balaban J connectivity index is 1.62. The minimum Gasteiger partial charge on any atom is -0.386 e. The average Bonchev–Trinajstić information content (AvgIpc) is 3.02. The predicted molar refractivity (Wildman–Crippen MR) is 124 cm³/mol. The third-order valence-corrected chi connectivity index (χ3v) is 6.67. The molecule has 31 heavy (non-hydrogen) atoms.